The second-order valence-electron chi connectivity index (χ2n) is 4.96. The highest BCUT2D eigenvalue weighted by Gasteiger charge is 2.08. The smallest absolute Gasteiger partial charge is 0.119 e. The Bertz CT molecular complexity index is 768. The molecule has 1 aromatic heterocycles. The van der Waals surface area contributed by atoms with Gasteiger partial charge in [-0.25, -0.2) is 0 Å². The molecule has 21 heavy (non-hydrogen) atoms. The minimum Gasteiger partial charge on any atom is -0.497 e. The number of hydrogen-bond donors (Lipinski definition) is 1. The van der Waals surface area contributed by atoms with Crippen LogP contribution in [0.5, 0.6) is 5.75 Å². The van der Waals surface area contributed by atoms with E-state index in [4.69, 9.17) is 4.74 Å². The van der Waals surface area contributed by atoms with Crippen LogP contribution < -0.4 is 10.1 Å². The molecule has 106 valence electrons. The molecular formula is C18H18N2O. The second kappa shape index (κ2) is 5.94. The van der Waals surface area contributed by atoms with Gasteiger partial charge < -0.3 is 10.1 Å². The fourth-order valence-corrected chi connectivity index (χ4v) is 2.64. The number of hydrogen-bond acceptors (Lipinski definition) is 3. The average molecular weight is 278 g/mol. The maximum atomic E-state index is 5.33. The van der Waals surface area contributed by atoms with Gasteiger partial charge in [0.1, 0.15) is 5.75 Å². The number of benzene rings is 2. The molecule has 0 aliphatic carbocycles. The minimum atomic E-state index is 0.834. The lowest BCUT2D eigenvalue weighted by molar-refractivity contribution is 0.415. The predicted octanol–water partition coefficient (Wildman–Crippen LogP) is 3.63. The van der Waals surface area contributed by atoms with Crippen LogP contribution in [0.2, 0.25) is 0 Å². The van der Waals surface area contributed by atoms with Gasteiger partial charge in [-0.3, -0.25) is 4.98 Å². The summed E-state index contributed by atoms with van der Waals surface area (Å²) in [6.07, 6.45) is 3.78. The Morgan fingerprint density at radius 3 is 2.81 bits per heavy atom. The molecule has 0 fully saturated rings. The van der Waals surface area contributed by atoms with Gasteiger partial charge in [0.05, 0.1) is 7.11 Å². The molecule has 0 saturated heterocycles. The van der Waals surface area contributed by atoms with Crippen LogP contribution in [0.1, 0.15) is 5.56 Å². The van der Waals surface area contributed by atoms with Crippen molar-refractivity contribution in [3.63, 3.8) is 0 Å². The molecule has 0 atom stereocenters. The number of nitrogens with zero attached hydrogens (tertiary/aromatic N) is 1. The molecule has 0 aliphatic heterocycles. The standard InChI is InChI=1S/C18H18N2O/c1-19-11-14-6-7-16(17-8-9-20-12-18(14)17)13-4-3-5-15(10-13)21-2/h3-10,12,19H,11H2,1-2H3. The third-order valence-electron chi connectivity index (χ3n) is 3.66. The van der Waals surface area contributed by atoms with Crippen LogP contribution in [0.4, 0.5) is 0 Å². The van der Waals surface area contributed by atoms with E-state index in [1.54, 1.807) is 7.11 Å². The summed E-state index contributed by atoms with van der Waals surface area (Å²) in [4.78, 5) is 4.27. The molecule has 3 aromatic rings. The van der Waals surface area contributed by atoms with Crippen LogP contribution in [0.25, 0.3) is 21.9 Å². The zero-order valence-electron chi connectivity index (χ0n) is 12.3. The monoisotopic (exact) mass is 278 g/mol. The van der Waals surface area contributed by atoms with Crippen LogP contribution in [0.3, 0.4) is 0 Å². The SMILES string of the molecule is CNCc1ccc(-c2cccc(OC)c2)c2ccncc12. The molecule has 1 heterocycles. The van der Waals surface area contributed by atoms with Gasteiger partial charge in [-0.2, -0.15) is 0 Å². The van der Waals surface area contributed by atoms with Crippen LogP contribution in [-0.4, -0.2) is 19.1 Å². The van der Waals surface area contributed by atoms with Crippen molar-refractivity contribution in [3.05, 3.63) is 60.4 Å². The quantitative estimate of drug-likeness (QED) is 0.791. The minimum absolute atomic E-state index is 0.834. The van der Waals surface area contributed by atoms with Gasteiger partial charge >= 0.3 is 0 Å². The van der Waals surface area contributed by atoms with Crippen LogP contribution in [0.15, 0.2) is 54.9 Å². The van der Waals surface area contributed by atoms with E-state index >= 15 is 0 Å². The fraction of sp³-hybridized carbons (Fsp3) is 0.167. The molecule has 0 bridgehead atoms. The third-order valence-corrected chi connectivity index (χ3v) is 3.66. The van der Waals surface area contributed by atoms with Crippen LogP contribution in [-0.2, 0) is 6.54 Å². The Labute approximate surface area is 124 Å². The largest absolute Gasteiger partial charge is 0.497 e. The molecule has 3 heteroatoms. The van der Waals surface area contributed by atoms with Gasteiger partial charge in [0.2, 0.25) is 0 Å². The van der Waals surface area contributed by atoms with Gasteiger partial charge in [0.15, 0.2) is 0 Å². The summed E-state index contributed by atoms with van der Waals surface area (Å²) >= 11 is 0. The Morgan fingerprint density at radius 2 is 2.00 bits per heavy atom. The molecule has 0 amide bonds. The van der Waals surface area contributed by atoms with Crippen molar-refractivity contribution < 1.29 is 4.74 Å². The molecule has 3 rings (SSSR count). The summed E-state index contributed by atoms with van der Waals surface area (Å²) < 4.78 is 5.33. The lowest BCUT2D eigenvalue weighted by Crippen LogP contribution is -2.05. The molecule has 2 aromatic carbocycles. The Hall–Kier alpha value is -2.39. The molecule has 0 aliphatic rings. The number of nitrogens with one attached hydrogen (secondary N) is 1. The number of fused-ring (bicyclic) bond motifs is 1. The van der Waals surface area contributed by atoms with Gasteiger partial charge in [-0.05, 0) is 47.3 Å². The number of methoxy groups -OCH3 is 1. The van der Waals surface area contributed by atoms with Crippen LogP contribution >= 0.6 is 0 Å². The van der Waals surface area contributed by atoms with E-state index in [0.717, 1.165) is 17.9 Å². The fourth-order valence-electron chi connectivity index (χ4n) is 2.64. The van der Waals surface area contributed by atoms with Crippen molar-refractivity contribution in [3.8, 4) is 16.9 Å². The van der Waals surface area contributed by atoms with E-state index < -0.39 is 0 Å². The highest BCUT2D eigenvalue weighted by molar-refractivity contribution is 5.98. The van der Waals surface area contributed by atoms with E-state index in [0.29, 0.717) is 0 Å². The first kappa shape index (κ1) is 13.6. The van der Waals surface area contributed by atoms with E-state index in [-0.39, 0.29) is 0 Å². The lowest BCUT2D eigenvalue weighted by atomic mass is 9.96. The average Bonchev–Trinajstić information content (AvgIpc) is 2.55. The normalized spacial score (nSPS) is 10.8. The molecule has 0 radical (unpaired) electrons. The molecule has 1 N–H and O–H groups in total. The van der Waals surface area contributed by atoms with Crippen molar-refractivity contribution in [2.75, 3.05) is 14.2 Å². The van der Waals surface area contributed by atoms with Crippen molar-refractivity contribution in [1.29, 1.82) is 0 Å². The first-order valence-electron chi connectivity index (χ1n) is 6.98. The van der Waals surface area contributed by atoms with Crippen molar-refractivity contribution in [2.45, 2.75) is 6.54 Å². The maximum absolute atomic E-state index is 5.33. The number of pyridine rings is 1. The number of rotatable bonds is 4. The van der Waals surface area contributed by atoms with E-state index in [1.165, 1.54) is 21.9 Å². The summed E-state index contributed by atoms with van der Waals surface area (Å²) in [6, 6.07) is 14.6. The molecule has 0 unspecified atom stereocenters. The third kappa shape index (κ3) is 2.60. The Morgan fingerprint density at radius 1 is 1.10 bits per heavy atom. The highest BCUT2D eigenvalue weighted by atomic mass is 16.5. The highest BCUT2D eigenvalue weighted by Crippen LogP contribution is 2.32. The van der Waals surface area contributed by atoms with Crippen molar-refractivity contribution >= 4 is 10.8 Å². The first-order valence-corrected chi connectivity index (χ1v) is 6.98. The number of ether oxygens (including phenoxy) is 1. The molecule has 0 spiro atoms. The van der Waals surface area contributed by atoms with Crippen molar-refractivity contribution in [1.82, 2.24) is 10.3 Å². The molecular weight excluding hydrogens is 260 g/mol. The summed E-state index contributed by atoms with van der Waals surface area (Å²) in [5.41, 5.74) is 3.61. The Balaban J connectivity index is 2.21. The number of aromatic nitrogens is 1. The zero-order chi connectivity index (χ0) is 14.7. The van der Waals surface area contributed by atoms with Gasteiger partial charge in [-0.15, -0.1) is 0 Å². The topological polar surface area (TPSA) is 34.1 Å². The first-order chi connectivity index (χ1) is 10.3. The zero-order valence-corrected chi connectivity index (χ0v) is 12.3. The second-order valence-corrected chi connectivity index (χ2v) is 4.96. The van der Waals surface area contributed by atoms with Crippen molar-refractivity contribution in [2.24, 2.45) is 0 Å². The van der Waals surface area contributed by atoms with Crippen LogP contribution in [0, 0.1) is 0 Å². The molecule has 0 saturated carbocycles. The molecule has 3 nitrogen and oxygen atoms in total. The van der Waals surface area contributed by atoms with E-state index in [9.17, 15) is 0 Å². The predicted molar refractivity (Wildman–Crippen MR) is 86.5 cm³/mol. The van der Waals surface area contributed by atoms with E-state index in [2.05, 4.69) is 40.6 Å². The summed E-state index contributed by atoms with van der Waals surface area (Å²) in [6.45, 7) is 0.834. The van der Waals surface area contributed by atoms with E-state index in [1.807, 2.05) is 31.6 Å². The van der Waals surface area contributed by atoms with Gasteiger partial charge in [0.25, 0.3) is 0 Å². The maximum Gasteiger partial charge on any atom is 0.119 e. The van der Waals surface area contributed by atoms with Gasteiger partial charge in [-0.1, -0.05) is 24.3 Å². The summed E-state index contributed by atoms with van der Waals surface area (Å²) in [5.74, 6) is 0.869. The lowest BCUT2D eigenvalue weighted by Gasteiger charge is -2.12. The Kier molecular flexibility index (Phi) is 3.84. The summed E-state index contributed by atoms with van der Waals surface area (Å²) in [7, 11) is 3.65. The van der Waals surface area contributed by atoms with Gasteiger partial charge in [0, 0.05) is 24.3 Å². The summed E-state index contributed by atoms with van der Waals surface area (Å²) in [5, 5.41) is 5.61.